The normalized spacial score (nSPS) is 29.8. The fourth-order valence-corrected chi connectivity index (χ4v) is 6.51. The molecule has 2 aliphatic heterocycles. The summed E-state index contributed by atoms with van der Waals surface area (Å²) in [5, 5.41) is 0. The summed E-state index contributed by atoms with van der Waals surface area (Å²) in [6.07, 6.45) is 3.12. The second-order valence-corrected chi connectivity index (χ2v) is 10.0. The van der Waals surface area contributed by atoms with Gasteiger partial charge < -0.3 is 9.64 Å². The van der Waals surface area contributed by atoms with Gasteiger partial charge in [0.25, 0.3) is 0 Å². The number of rotatable bonds is 4. The third kappa shape index (κ3) is 3.17. The van der Waals surface area contributed by atoms with Crippen molar-refractivity contribution in [1.82, 2.24) is 0 Å². The second kappa shape index (κ2) is 7.79. The molecule has 2 heterocycles. The standard InChI is InChI=1S/C27H26N2O5/c1-15-5-2-3-8-21(15)28-14-18(12-22(28)30)27(33)34-20-7-4-6-19(13-20)29-25(31)23-16-9-10-17(11-16)24(23)26(29)32/h2-8,13,16-18,23-24H,9-12,14H2,1H3/t16-,17-,18+,23-,24-/m0/s1. The number of carbonyl (C=O) groups is 4. The van der Waals surface area contributed by atoms with Gasteiger partial charge >= 0.3 is 5.97 Å². The fourth-order valence-electron chi connectivity index (χ4n) is 6.51. The van der Waals surface area contributed by atoms with Crippen LogP contribution in [0.25, 0.3) is 0 Å². The number of carbonyl (C=O) groups excluding carboxylic acids is 4. The second-order valence-electron chi connectivity index (χ2n) is 10.0. The fraction of sp³-hybridized carbons (Fsp3) is 0.407. The first-order valence-electron chi connectivity index (χ1n) is 12.0. The first-order chi connectivity index (χ1) is 16.4. The molecule has 4 fully saturated rings. The van der Waals surface area contributed by atoms with Gasteiger partial charge in [-0.2, -0.15) is 0 Å². The summed E-state index contributed by atoms with van der Waals surface area (Å²) in [6.45, 7) is 2.19. The zero-order chi connectivity index (χ0) is 23.6. The van der Waals surface area contributed by atoms with Crippen LogP contribution in [0.15, 0.2) is 48.5 Å². The Morgan fingerprint density at radius 2 is 1.65 bits per heavy atom. The molecule has 34 heavy (non-hydrogen) atoms. The first kappa shape index (κ1) is 21.1. The molecule has 7 nitrogen and oxygen atoms in total. The van der Waals surface area contributed by atoms with Crippen LogP contribution in [0.2, 0.25) is 0 Å². The predicted molar refractivity (Wildman–Crippen MR) is 124 cm³/mol. The number of amides is 3. The van der Waals surface area contributed by atoms with Crippen LogP contribution in [0.5, 0.6) is 5.75 Å². The van der Waals surface area contributed by atoms with Crippen molar-refractivity contribution in [1.29, 1.82) is 0 Å². The van der Waals surface area contributed by atoms with Crippen LogP contribution in [0.4, 0.5) is 11.4 Å². The third-order valence-electron chi connectivity index (χ3n) is 8.09. The van der Waals surface area contributed by atoms with Gasteiger partial charge in [-0.1, -0.05) is 24.3 Å². The Hall–Kier alpha value is -3.48. The minimum atomic E-state index is -0.583. The van der Waals surface area contributed by atoms with Crippen LogP contribution in [0, 0.1) is 36.5 Å². The average Bonchev–Trinajstić information content (AvgIpc) is 3.58. The lowest BCUT2D eigenvalue weighted by molar-refractivity contribution is -0.139. The first-order valence-corrected chi connectivity index (χ1v) is 12.0. The highest BCUT2D eigenvalue weighted by molar-refractivity contribution is 6.22. The molecule has 174 valence electrons. The minimum absolute atomic E-state index is 0.0854. The van der Waals surface area contributed by atoms with E-state index in [-0.39, 0.29) is 48.3 Å². The van der Waals surface area contributed by atoms with Crippen molar-refractivity contribution in [3.8, 4) is 5.75 Å². The summed E-state index contributed by atoms with van der Waals surface area (Å²) >= 11 is 0. The number of imide groups is 1. The van der Waals surface area contributed by atoms with Gasteiger partial charge in [-0.05, 0) is 61.8 Å². The minimum Gasteiger partial charge on any atom is -0.426 e. The predicted octanol–water partition coefficient (Wildman–Crippen LogP) is 3.49. The molecule has 2 saturated heterocycles. The molecule has 5 atom stereocenters. The number of hydrogen-bond donors (Lipinski definition) is 0. The van der Waals surface area contributed by atoms with E-state index in [9.17, 15) is 19.2 Å². The summed E-state index contributed by atoms with van der Waals surface area (Å²) in [4.78, 5) is 54.6. The molecule has 4 aliphatic rings. The highest BCUT2D eigenvalue weighted by Crippen LogP contribution is 2.56. The van der Waals surface area contributed by atoms with E-state index in [0.717, 1.165) is 30.5 Å². The van der Waals surface area contributed by atoms with Crippen LogP contribution in [-0.4, -0.2) is 30.2 Å². The van der Waals surface area contributed by atoms with Crippen molar-refractivity contribution in [2.75, 3.05) is 16.3 Å². The summed E-state index contributed by atoms with van der Waals surface area (Å²) in [5.41, 5.74) is 2.21. The number of para-hydroxylation sites is 1. The summed E-state index contributed by atoms with van der Waals surface area (Å²) in [5.74, 6) is -0.937. The molecule has 0 aromatic heterocycles. The Morgan fingerprint density at radius 1 is 0.941 bits per heavy atom. The van der Waals surface area contributed by atoms with Crippen molar-refractivity contribution < 1.29 is 23.9 Å². The summed E-state index contributed by atoms with van der Waals surface area (Å²) < 4.78 is 5.61. The molecule has 0 unspecified atom stereocenters. The molecule has 2 bridgehead atoms. The van der Waals surface area contributed by atoms with Crippen LogP contribution in [-0.2, 0) is 19.2 Å². The lowest BCUT2D eigenvalue weighted by atomic mass is 9.81. The number of nitrogens with zero attached hydrogens (tertiary/aromatic N) is 2. The monoisotopic (exact) mass is 458 g/mol. The lowest BCUT2D eigenvalue weighted by Gasteiger charge is -2.19. The number of esters is 1. The highest BCUT2D eigenvalue weighted by Gasteiger charge is 2.61. The van der Waals surface area contributed by atoms with E-state index in [4.69, 9.17) is 4.74 Å². The molecule has 2 saturated carbocycles. The van der Waals surface area contributed by atoms with E-state index >= 15 is 0 Å². The largest absolute Gasteiger partial charge is 0.426 e. The SMILES string of the molecule is Cc1ccccc1N1C[C@H](C(=O)Oc2cccc(N3C(=O)[C@H]4[C@H]5CC[C@@H](C5)[C@@H]4C3=O)c2)CC1=O. The molecular formula is C27H26N2O5. The van der Waals surface area contributed by atoms with Gasteiger partial charge in [0, 0.05) is 24.7 Å². The quantitative estimate of drug-likeness (QED) is 0.398. The van der Waals surface area contributed by atoms with E-state index in [1.807, 2.05) is 31.2 Å². The van der Waals surface area contributed by atoms with Crippen molar-refractivity contribution in [3.63, 3.8) is 0 Å². The summed E-state index contributed by atoms with van der Waals surface area (Å²) in [6, 6.07) is 14.2. The van der Waals surface area contributed by atoms with Gasteiger partial charge in [-0.15, -0.1) is 0 Å². The van der Waals surface area contributed by atoms with E-state index < -0.39 is 11.9 Å². The molecule has 2 aliphatic carbocycles. The number of hydrogen-bond acceptors (Lipinski definition) is 5. The Labute approximate surface area is 197 Å². The molecule has 7 heteroatoms. The molecule has 3 amide bonds. The average molecular weight is 459 g/mol. The van der Waals surface area contributed by atoms with E-state index in [2.05, 4.69) is 0 Å². The van der Waals surface area contributed by atoms with Gasteiger partial charge in [0.1, 0.15) is 5.75 Å². The number of fused-ring (bicyclic) bond motifs is 5. The van der Waals surface area contributed by atoms with Gasteiger partial charge in [0.2, 0.25) is 17.7 Å². The maximum atomic E-state index is 13.1. The third-order valence-corrected chi connectivity index (χ3v) is 8.09. The smallest absolute Gasteiger partial charge is 0.316 e. The van der Waals surface area contributed by atoms with Crippen molar-refractivity contribution in [2.24, 2.45) is 29.6 Å². The van der Waals surface area contributed by atoms with E-state index in [1.165, 1.54) is 4.90 Å². The Kier molecular flexibility index (Phi) is 4.83. The lowest BCUT2D eigenvalue weighted by Crippen LogP contribution is -2.32. The molecule has 2 aromatic rings. The maximum absolute atomic E-state index is 13.1. The number of anilines is 2. The van der Waals surface area contributed by atoms with Gasteiger partial charge in [-0.25, -0.2) is 4.90 Å². The van der Waals surface area contributed by atoms with Crippen molar-refractivity contribution in [2.45, 2.75) is 32.6 Å². The molecular weight excluding hydrogens is 432 g/mol. The topological polar surface area (TPSA) is 84.0 Å². The summed E-state index contributed by atoms with van der Waals surface area (Å²) in [7, 11) is 0. The zero-order valence-corrected chi connectivity index (χ0v) is 19.0. The van der Waals surface area contributed by atoms with Crippen LogP contribution >= 0.6 is 0 Å². The molecule has 0 N–H and O–H groups in total. The van der Waals surface area contributed by atoms with E-state index in [1.54, 1.807) is 29.2 Å². The maximum Gasteiger partial charge on any atom is 0.316 e. The van der Waals surface area contributed by atoms with Gasteiger partial charge in [0.05, 0.1) is 23.4 Å². The van der Waals surface area contributed by atoms with Crippen LogP contribution in [0.3, 0.4) is 0 Å². The molecule has 6 rings (SSSR count). The Morgan fingerprint density at radius 3 is 2.35 bits per heavy atom. The van der Waals surface area contributed by atoms with Crippen molar-refractivity contribution in [3.05, 3.63) is 54.1 Å². The van der Waals surface area contributed by atoms with Gasteiger partial charge in [-0.3, -0.25) is 19.2 Å². The van der Waals surface area contributed by atoms with Gasteiger partial charge in [0.15, 0.2) is 0 Å². The van der Waals surface area contributed by atoms with Crippen LogP contribution in [0.1, 0.15) is 31.2 Å². The number of aryl methyl sites for hydroxylation is 1. The molecule has 0 spiro atoms. The van der Waals surface area contributed by atoms with Crippen molar-refractivity contribution >= 4 is 35.1 Å². The Bertz CT molecular complexity index is 1200. The Balaban J connectivity index is 1.17. The zero-order valence-electron chi connectivity index (χ0n) is 19.0. The number of benzene rings is 2. The highest BCUT2D eigenvalue weighted by atomic mass is 16.5. The molecule has 0 radical (unpaired) electrons. The van der Waals surface area contributed by atoms with Crippen LogP contribution < -0.4 is 14.5 Å². The van der Waals surface area contributed by atoms with E-state index in [0.29, 0.717) is 17.5 Å². The number of ether oxygens (including phenoxy) is 1. The molecule has 2 aromatic carbocycles.